The maximum atomic E-state index is 11.5. The van der Waals surface area contributed by atoms with Crippen molar-refractivity contribution in [2.24, 2.45) is 5.92 Å². The number of carbonyl (C=O) groups is 1. The lowest BCUT2D eigenvalue weighted by molar-refractivity contribution is -0.121. The average molecular weight is 204 g/mol. The molecule has 0 bridgehead atoms. The van der Waals surface area contributed by atoms with Gasteiger partial charge in [0.1, 0.15) is 5.78 Å². The predicted molar refractivity (Wildman–Crippen MR) is 64.1 cm³/mol. The first-order valence-electron chi connectivity index (χ1n) is 5.59. The van der Waals surface area contributed by atoms with Gasteiger partial charge >= 0.3 is 0 Å². The summed E-state index contributed by atoms with van der Waals surface area (Å²) in [6.45, 7) is 8.13. The van der Waals surface area contributed by atoms with Crippen LogP contribution in [0.3, 0.4) is 0 Å². The number of aryl methyl sites for hydroxylation is 3. The molecule has 0 atom stereocenters. The molecule has 15 heavy (non-hydrogen) atoms. The van der Waals surface area contributed by atoms with Gasteiger partial charge in [-0.3, -0.25) is 4.79 Å². The van der Waals surface area contributed by atoms with Crippen molar-refractivity contribution in [3.05, 3.63) is 34.9 Å². The molecule has 0 unspecified atom stereocenters. The summed E-state index contributed by atoms with van der Waals surface area (Å²) in [5.41, 5.74) is 3.88. The minimum atomic E-state index is 0.163. The van der Waals surface area contributed by atoms with Crippen LogP contribution in [0.25, 0.3) is 0 Å². The fourth-order valence-electron chi connectivity index (χ4n) is 1.67. The molecule has 1 rings (SSSR count). The molecular weight excluding hydrogens is 184 g/mol. The monoisotopic (exact) mass is 204 g/mol. The number of carbonyl (C=O) groups excluding carboxylic acids is 1. The van der Waals surface area contributed by atoms with Crippen LogP contribution in [0.15, 0.2) is 18.2 Å². The molecular formula is C14H20O. The maximum absolute atomic E-state index is 11.5. The van der Waals surface area contributed by atoms with Crippen LogP contribution in [0.2, 0.25) is 0 Å². The number of Topliss-reactive ketones (excluding diaryl/α,β-unsaturated/α-hetero) is 1. The Morgan fingerprint density at radius 3 is 2.47 bits per heavy atom. The van der Waals surface area contributed by atoms with E-state index in [1.54, 1.807) is 0 Å². The Kier molecular flexibility index (Phi) is 4.07. The van der Waals surface area contributed by atoms with Gasteiger partial charge in [-0.05, 0) is 31.4 Å². The van der Waals surface area contributed by atoms with E-state index in [4.69, 9.17) is 0 Å². The zero-order valence-corrected chi connectivity index (χ0v) is 10.1. The van der Waals surface area contributed by atoms with E-state index in [1.807, 2.05) is 13.8 Å². The summed E-state index contributed by atoms with van der Waals surface area (Å²) in [6, 6.07) is 6.43. The first kappa shape index (κ1) is 12.0. The van der Waals surface area contributed by atoms with Crippen LogP contribution in [-0.2, 0) is 11.2 Å². The minimum Gasteiger partial charge on any atom is -0.299 e. The molecule has 1 heteroatoms. The molecule has 82 valence electrons. The molecule has 0 aromatic heterocycles. The summed E-state index contributed by atoms with van der Waals surface area (Å²) < 4.78 is 0. The molecule has 1 aromatic rings. The minimum absolute atomic E-state index is 0.163. The van der Waals surface area contributed by atoms with Crippen LogP contribution in [0.4, 0.5) is 0 Å². The van der Waals surface area contributed by atoms with Crippen molar-refractivity contribution in [2.45, 2.75) is 40.5 Å². The van der Waals surface area contributed by atoms with E-state index in [9.17, 15) is 4.79 Å². The number of benzene rings is 1. The number of hydrogen-bond acceptors (Lipinski definition) is 1. The van der Waals surface area contributed by atoms with Crippen LogP contribution in [0.5, 0.6) is 0 Å². The van der Waals surface area contributed by atoms with Gasteiger partial charge in [-0.1, -0.05) is 37.6 Å². The van der Waals surface area contributed by atoms with E-state index < -0.39 is 0 Å². The Hall–Kier alpha value is -1.11. The molecule has 1 aromatic carbocycles. The van der Waals surface area contributed by atoms with Crippen LogP contribution < -0.4 is 0 Å². The van der Waals surface area contributed by atoms with Crippen molar-refractivity contribution in [1.29, 1.82) is 0 Å². The van der Waals surface area contributed by atoms with E-state index in [0.717, 1.165) is 6.42 Å². The van der Waals surface area contributed by atoms with E-state index in [1.165, 1.54) is 16.7 Å². The lowest BCUT2D eigenvalue weighted by atomic mass is 9.97. The zero-order chi connectivity index (χ0) is 11.4. The van der Waals surface area contributed by atoms with Gasteiger partial charge in [-0.25, -0.2) is 0 Å². The van der Waals surface area contributed by atoms with Crippen molar-refractivity contribution in [2.75, 3.05) is 0 Å². The van der Waals surface area contributed by atoms with Gasteiger partial charge in [-0.2, -0.15) is 0 Å². The number of rotatable bonds is 4. The van der Waals surface area contributed by atoms with Gasteiger partial charge < -0.3 is 0 Å². The van der Waals surface area contributed by atoms with Crippen molar-refractivity contribution < 1.29 is 4.79 Å². The second-order valence-corrected chi connectivity index (χ2v) is 4.55. The molecule has 0 radical (unpaired) electrons. The zero-order valence-electron chi connectivity index (χ0n) is 10.1. The van der Waals surface area contributed by atoms with E-state index >= 15 is 0 Å². The lowest BCUT2D eigenvalue weighted by Gasteiger charge is -2.07. The molecule has 0 saturated heterocycles. The Morgan fingerprint density at radius 1 is 1.27 bits per heavy atom. The number of hydrogen-bond donors (Lipinski definition) is 0. The molecule has 0 aliphatic rings. The SMILES string of the molecule is Cc1ccc(CCC(=O)C(C)C)c(C)c1. The molecule has 0 heterocycles. The summed E-state index contributed by atoms with van der Waals surface area (Å²) in [6.07, 6.45) is 1.55. The molecule has 0 spiro atoms. The smallest absolute Gasteiger partial charge is 0.135 e. The van der Waals surface area contributed by atoms with Gasteiger partial charge in [0.05, 0.1) is 0 Å². The Labute approximate surface area is 92.5 Å². The highest BCUT2D eigenvalue weighted by atomic mass is 16.1. The first-order chi connectivity index (χ1) is 7.00. The Balaban J connectivity index is 2.62. The summed E-state index contributed by atoms with van der Waals surface area (Å²) >= 11 is 0. The van der Waals surface area contributed by atoms with Crippen LogP contribution in [-0.4, -0.2) is 5.78 Å². The second-order valence-electron chi connectivity index (χ2n) is 4.55. The Morgan fingerprint density at radius 2 is 1.93 bits per heavy atom. The molecule has 0 aliphatic carbocycles. The third-order valence-corrected chi connectivity index (χ3v) is 2.78. The van der Waals surface area contributed by atoms with E-state index in [2.05, 4.69) is 32.0 Å². The quantitative estimate of drug-likeness (QED) is 0.734. The standard InChI is InChI=1S/C14H20O/c1-10(2)14(15)8-7-13-6-5-11(3)9-12(13)4/h5-6,9-10H,7-8H2,1-4H3. The lowest BCUT2D eigenvalue weighted by Crippen LogP contribution is -2.08. The number of ketones is 1. The van der Waals surface area contributed by atoms with Crippen LogP contribution >= 0.6 is 0 Å². The summed E-state index contributed by atoms with van der Waals surface area (Å²) in [7, 11) is 0. The summed E-state index contributed by atoms with van der Waals surface area (Å²) in [5, 5.41) is 0. The first-order valence-corrected chi connectivity index (χ1v) is 5.59. The van der Waals surface area contributed by atoms with Crippen LogP contribution in [0, 0.1) is 19.8 Å². The molecule has 0 N–H and O–H groups in total. The summed E-state index contributed by atoms with van der Waals surface area (Å²) in [5.74, 6) is 0.519. The third kappa shape index (κ3) is 3.50. The van der Waals surface area contributed by atoms with Crippen LogP contribution in [0.1, 0.15) is 37.0 Å². The highest BCUT2D eigenvalue weighted by Crippen LogP contribution is 2.13. The fraction of sp³-hybridized carbons (Fsp3) is 0.500. The highest BCUT2D eigenvalue weighted by Gasteiger charge is 2.08. The molecule has 0 aliphatic heterocycles. The van der Waals surface area contributed by atoms with Gasteiger partial charge in [0.25, 0.3) is 0 Å². The highest BCUT2D eigenvalue weighted by molar-refractivity contribution is 5.80. The molecule has 0 fully saturated rings. The molecule has 0 saturated carbocycles. The van der Waals surface area contributed by atoms with Crippen molar-refractivity contribution in [3.8, 4) is 0 Å². The van der Waals surface area contributed by atoms with E-state index in [-0.39, 0.29) is 5.92 Å². The molecule has 1 nitrogen and oxygen atoms in total. The van der Waals surface area contributed by atoms with Gasteiger partial charge in [0.2, 0.25) is 0 Å². The Bertz CT molecular complexity index is 350. The molecule has 0 amide bonds. The average Bonchev–Trinajstić information content (AvgIpc) is 2.15. The van der Waals surface area contributed by atoms with Gasteiger partial charge in [-0.15, -0.1) is 0 Å². The van der Waals surface area contributed by atoms with Gasteiger partial charge in [0.15, 0.2) is 0 Å². The van der Waals surface area contributed by atoms with Gasteiger partial charge in [0, 0.05) is 12.3 Å². The summed E-state index contributed by atoms with van der Waals surface area (Å²) in [4.78, 5) is 11.5. The normalized spacial score (nSPS) is 10.7. The van der Waals surface area contributed by atoms with Crippen molar-refractivity contribution in [3.63, 3.8) is 0 Å². The largest absolute Gasteiger partial charge is 0.299 e. The fourth-order valence-corrected chi connectivity index (χ4v) is 1.67. The maximum Gasteiger partial charge on any atom is 0.135 e. The topological polar surface area (TPSA) is 17.1 Å². The van der Waals surface area contributed by atoms with E-state index in [0.29, 0.717) is 12.2 Å². The second kappa shape index (κ2) is 5.11. The third-order valence-electron chi connectivity index (χ3n) is 2.78. The van der Waals surface area contributed by atoms with Crippen molar-refractivity contribution in [1.82, 2.24) is 0 Å². The van der Waals surface area contributed by atoms with Crippen molar-refractivity contribution >= 4 is 5.78 Å². The predicted octanol–water partition coefficient (Wildman–Crippen LogP) is 3.46.